The number of fused-ring (bicyclic) bond motifs is 1. The molecule has 3 atom stereocenters. The predicted octanol–water partition coefficient (Wildman–Crippen LogP) is 8.13. The van der Waals surface area contributed by atoms with Gasteiger partial charge >= 0.3 is 5.97 Å². The van der Waals surface area contributed by atoms with Crippen molar-refractivity contribution in [2.24, 2.45) is 17.8 Å². The fourth-order valence-electron chi connectivity index (χ4n) is 5.48. The molecule has 1 saturated carbocycles. The van der Waals surface area contributed by atoms with Gasteiger partial charge in [-0.25, -0.2) is 4.79 Å². The van der Waals surface area contributed by atoms with Gasteiger partial charge in [0, 0.05) is 12.0 Å². The van der Waals surface area contributed by atoms with Crippen LogP contribution in [0.1, 0.15) is 124 Å². The van der Waals surface area contributed by atoms with E-state index < -0.39 is 0 Å². The number of carbonyl (C=O) groups excluding carboxylic acids is 2. The van der Waals surface area contributed by atoms with E-state index in [9.17, 15) is 9.59 Å². The zero-order chi connectivity index (χ0) is 23.3. The van der Waals surface area contributed by atoms with Gasteiger partial charge < -0.3 is 4.74 Å². The molecule has 0 heterocycles. The first-order valence-electron chi connectivity index (χ1n) is 13.5. The molecule has 32 heavy (non-hydrogen) atoms. The molecule has 2 unspecified atom stereocenters. The normalized spacial score (nSPS) is 23.2. The van der Waals surface area contributed by atoms with E-state index in [1.54, 1.807) is 0 Å². The van der Waals surface area contributed by atoms with Crippen molar-refractivity contribution in [2.45, 2.75) is 124 Å². The Bertz CT molecular complexity index is 645. The van der Waals surface area contributed by atoms with Crippen LogP contribution in [0, 0.1) is 17.8 Å². The summed E-state index contributed by atoms with van der Waals surface area (Å²) in [5, 5.41) is 0. The molecule has 0 radical (unpaired) electrons. The number of esters is 1. The number of hydrogen-bond donors (Lipinski definition) is 0. The van der Waals surface area contributed by atoms with E-state index in [1.807, 2.05) is 6.92 Å². The SMILES string of the molecule is C=C(C(=O)OCCCCCCCCCCCCCC)[C@H]1CCC(C)C2CC(=O)C(C)=C2C1. The lowest BCUT2D eigenvalue weighted by Crippen LogP contribution is -2.16. The number of ether oxygens (including phenoxy) is 1. The summed E-state index contributed by atoms with van der Waals surface area (Å²) in [6, 6.07) is 0. The Morgan fingerprint density at radius 2 is 1.47 bits per heavy atom. The molecule has 182 valence electrons. The van der Waals surface area contributed by atoms with Gasteiger partial charge in [0.05, 0.1) is 6.61 Å². The molecule has 0 aromatic heterocycles. The third-order valence-corrected chi connectivity index (χ3v) is 7.86. The molecule has 3 heteroatoms. The van der Waals surface area contributed by atoms with Crippen molar-refractivity contribution < 1.29 is 14.3 Å². The summed E-state index contributed by atoms with van der Waals surface area (Å²) >= 11 is 0. The van der Waals surface area contributed by atoms with E-state index in [1.165, 1.54) is 69.8 Å². The van der Waals surface area contributed by atoms with Crippen molar-refractivity contribution in [1.29, 1.82) is 0 Å². The van der Waals surface area contributed by atoms with Gasteiger partial charge in [-0.3, -0.25) is 4.79 Å². The van der Waals surface area contributed by atoms with Gasteiger partial charge in [0.15, 0.2) is 5.78 Å². The fourth-order valence-corrected chi connectivity index (χ4v) is 5.48. The Morgan fingerprint density at radius 1 is 0.906 bits per heavy atom. The van der Waals surface area contributed by atoms with E-state index >= 15 is 0 Å². The Labute approximate surface area is 197 Å². The first-order valence-corrected chi connectivity index (χ1v) is 13.5. The molecule has 0 aliphatic heterocycles. The van der Waals surface area contributed by atoms with Crippen LogP contribution in [0.3, 0.4) is 0 Å². The summed E-state index contributed by atoms with van der Waals surface area (Å²) in [6.07, 6.45) is 19.1. The second-order valence-electron chi connectivity index (χ2n) is 10.4. The lowest BCUT2D eigenvalue weighted by molar-refractivity contribution is -0.139. The van der Waals surface area contributed by atoms with Crippen molar-refractivity contribution in [3.8, 4) is 0 Å². The summed E-state index contributed by atoms with van der Waals surface area (Å²) in [4.78, 5) is 24.8. The molecule has 0 bridgehead atoms. The molecular weight excluding hydrogens is 396 g/mol. The van der Waals surface area contributed by atoms with E-state index in [0.717, 1.165) is 37.7 Å². The second kappa shape index (κ2) is 14.7. The van der Waals surface area contributed by atoms with Crippen LogP contribution in [0.5, 0.6) is 0 Å². The van der Waals surface area contributed by atoms with Crippen LogP contribution < -0.4 is 0 Å². The van der Waals surface area contributed by atoms with Gasteiger partial charge in [0.1, 0.15) is 0 Å². The number of Topliss-reactive ketones (excluding diaryl/α,β-unsaturated/α-hetero) is 1. The molecule has 0 N–H and O–H groups in total. The molecule has 0 aromatic carbocycles. The maximum Gasteiger partial charge on any atom is 0.333 e. The summed E-state index contributed by atoms with van der Waals surface area (Å²) in [5.74, 6) is 1.05. The van der Waals surface area contributed by atoms with Gasteiger partial charge in [0.25, 0.3) is 0 Å². The van der Waals surface area contributed by atoms with E-state index in [-0.39, 0.29) is 17.7 Å². The number of ketones is 1. The van der Waals surface area contributed by atoms with E-state index in [0.29, 0.717) is 30.4 Å². The third kappa shape index (κ3) is 8.52. The van der Waals surface area contributed by atoms with Crippen molar-refractivity contribution in [1.82, 2.24) is 0 Å². The molecule has 3 nitrogen and oxygen atoms in total. The van der Waals surface area contributed by atoms with Gasteiger partial charge in [-0.15, -0.1) is 0 Å². The highest BCUT2D eigenvalue weighted by molar-refractivity contribution is 5.98. The lowest BCUT2D eigenvalue weighted by Gasteiger charge is -2.19. The molecule has 2 aliphatic carbocycles. The minimum atomic E-state index is -0.230. The fraction of sp³-hybridized carbons (Fsp3) is 0.793. The van der Waals surface area contributed by atoms with Gasteiger partial charge in [-0.05, 0) is 55.9 Å². The van der Waals surface area contributed by atoms with Crippen molar-refractivity contribution in [3.63, 3.8) is 0 Å². The summed E-state index contributed by atoms with van der Waals surface area (Å²) in [6.45, 7) is 11.1. The maximum atomic E-state index is 12.6. The summed E-state index contributed by atoms with van der Waals surface area (Å²) in [5.41, 5.74) is 2.82. The Morgan fingerprint density at radius 3 is 2.06 bits per heavy atom. The molecule has 0 spiro atoms. The Balaban J connectivity index is 1.57. The summed E-state index contributed by atoms with van der Waals surface area (Å²) in [7, 11) is 0. The Kier molecular flexibility index (Phi) is 12.3. The van der Waals surface area contributed by atoms with Crippen LogP contribution >= 0.6 is 0 Å². The van der Waals surface area contributed by atoms with E-state index in [4.69, 9.17) is 4.74 Å². The quantitative estimate of drug-likeness (QED) is 0.145. The van der Waals surface area contributed by atoms with Crippen molar-refractivity contribution in [3.05, 3.63) is 23.3 Å². The second-order valence-corrected chi connectivity index (χ2v) is 10.4. The smallest absolute Gasteiger partial charge is 0.333 e. The zero-order valence-electron chi connectivity index (χ0n) is 21.2. The molecule has 2 aliphatic rings. The van der Waals surface area contributed by atoms with Crippen LogP contribution in [0.15, 0.2) is 23.3 Å². The molecule has 2 rings (SSSR count). The van der Waals surface area contributed by atoms with Crippen LogP contribution in [0.25, 0.3) is 0 Å². The monoisotopic (exact) mass is 444 g/mol. The molecular formula is C29H48O3. The minimum Gasteiger partial charge on any atom is -0.462 e. The molecule has 1 fully saturated rings. The van der Waals surface area contributed by atoms with Crippen molar-refractivity contribution >= 4 is 11.8 Å². The number of unbranched alkanes of at least 4 members (excludes halogenated alkanes) is 11. The lowest BCUT2D eigenvalue weighted by atomic mass is 9.86. The van der Waals surface area contributed by atoms with Gasteiger partial charge in [-0.1, -0.05) is 96.6 Å². The number of allylic oxidation sites excluding steroid dienone is 2. The van der Waals surface area contributed by atoms with Crippen molar-refractivity contribution in [2.75, 3.05) is 6.61 Å². The highest BCUT2D eigenvalue weighted by atomic mass is 16.5. The predicted molar refractivity (Wildman–Crippen MR) is 133 cm³/mol. The maximum absolute atomic E-state index is 12.6. The largest absolute Gasteiger partial charge is 0.462 e. The van der Waals surface area contributed by atoms with Crippen LogP contribution in [-0.4, -0.2) is 18.4 Å². The zero-order valence-corrected chi connectivity index (χ0v) is 21.2. The third-order valence-electron chi connectivity index (χ3n) is 7.86. The summed E-state index contributed by atoms with van der Waals surface area (Å²) < 4.78 is 5.55. The first kappa shape index (κ1) is 26.9. The van der Waals surface area contributed by atoms with Crippen LogP contribution in [-0.2, 0) is 14.3 Å². The van der Waals surface area contributed by atoms with Gasteiger partial charge in [-0.2, -0.15) is 0 Å². The highest BCUT2D eigenvalue weighted by Crippen LogP contribution is 2.45. The minimum absolute atomic E-state index is 0.118. The number of hydrogen-bond acceptors (Lipinski definition) is 3. The van der Waals surface area contributed by atoms with Gasteiger partial charge in [0.2, 0.25) is 0 Å². The average molecular weight is 445 g/mol. The van der Waals surface area contributed by atoms with Crippen LogP contribution in [0.4, 0.5) is 0 Å². The molecule has 0 saturated heterocycles. The first-order chi connectivity index (χ1) is 15.5. The number of rotatable bonds is 15. The average Bonchev–Trinajstić information content (AvgIpc) is 2.96. The standard InChI is InChI=1S/C29H48O3/c1-5-6-7-8-9-10-11-12-13-14-15-16-19-32-29(31)23(3)25-18-17-22(2)26-21-28(30)24(4)27(26)20-25/h22,25-26H,3,5-21H2,1-2,4H3/t22?,25-,26?/m0/s1. The van der Waals surface area contributed by atoms with Crippen LogP contribution in [0.2, 0.25) is 0 Å². The molecule has 0 aromatic rings. The topological polar surface area (TPSA) is 43.4 Å². The van der Waals surface area contributed by atoms with E-state index in [2.05, 4.69) is 20.4 Å². The Hall–Kier alpha value is -1.38. The highest BCUT2D eigenvalue weighted by Gasteiger charge is 2.38. The molecule has 0 amide bonds. The number of carbonyl (C=O) groups is 2.